The van der Waals surface area contributed by atoms with Gasteiger partial charge in [0.2, 0.25) is 0 Å². The van der Waals surface area contributed by atoms with Gasteiger partial charge in [0.25, 0.3) is 0 Å². The van der Waals surface area contributed by atoms with Crippen LogP contribution in [-0.4, -0.2) is 51.0 Å². The summed E-state index contributed by atoms with van der Waals surface area (Å²) >= 11 is 0. The van der Waals surface area contributed by atoms with Crippen molar-refractivity contribution in [2.75, 3.05) is 40.0 Å². The number of rotatable bonds is 7. The molecule has 2 fully saturated rings. The van der Waals surface area contributed by atoms with Gasteiger partial charge in [0.15, 0.2) is 0 Å². The molecule has 0 bridgehead atoms. The fourth-order valence-electron chi connectivity index (χ4n) is 1.37. The van der Waals surface area contributed by atoms with Crippen molar-refractivity contribution in [3.05, 3.63) is 0 Å². The Kier molecular flexibility index (Phi) is 3.19. The molecule has 0 spiro atoms. The Bertz CT molecular complexity index is 155. The van der Waals surface area contributed by atoms with Crippen molar-refractivity contribution in [1.29, 1.82) is 0 Å². The standard InChI is InChI=1S/C10H19NO2/c1-11(6-10-8-13-10)4-5-12-7-9-2-3-9/h9-10H,2-8H2,1H3. The van der Waals surface area contributed by atoms with Crippen molar-refractivity contribution < 1.29 is 9.47 Å². The molecular weight excluding hydrogens is 166 g/mol. The quantitative estimate of drug-likeness (QED) is 0.432. The molecule has 1 unspecified atom stereocenters. The van der Waals surface area contributed by atoms with Gasteiger partial charge in [0, 0.05) is 19.7 Å². The van der Waals surface area contributed by atoms with Crippen molar-refractivity contribution >= 4 is 0 Å². The van der Waals surface area contributed by atoms with Crippen LogP contribution in [0.15, 0.2) is 0 Å². The first-order valence-electron chi connectivity index (χ1n) is 5.22. The Morgan fingerprint density at radius 3 is 2.85 bits per heavy atom. The third-order valence-corrected chi connectivity index (χ3v) is 2.59. The van der Waals surface area contributed by atoms with Gasteiger partial charge < -0.3 is 14.4 Å². The minimum absolute atomic E-state index is 0.508. The topological polar surface area (TPSA) is 25.0 Å². The van der Waals surface area contributed by atoms with Crippen LogP contribution < -0.4 is 0 Å². The van der Waals surface area contributed by atoms with E-state index in [2.05, 4.69) is 11.9 Å². The molecule has 1 aliphatic heterocycles. The Morgan fingerprint density at radius 1 is 1.46 bits per heavy atom. The molecule has 2 aliphatic rings. The summed E-state index contributed by atoms with van der Waals surface area (Å²) in [5, 5.41) is 0. The highest BCUT2D eigenvalue weighted by atomic mass is 16.6. The highest BCUT2D eigenvalue weighted by Gasteiger charge is 2.24. The summed E-state index contributed by atoms with van der Waals surface area (Å²) < 4.78 is 10.7. The second-order valence-corrected chi connectivity index (χ2v) is 4.24. The predicted molar refractivity (Wildman–Crippen MR) is 50.8 cm³/mol. The minimum Gasteiger partial charge on any atom is -0.380 e. The van der Waals surface area contributed by atoms with Crippen LogP contribution in [0.2, 0.25) is 0 Å². The first-order valence-corrected chi connectivity index (χ1v) is 5.22. The van der Waals surface area contributed by atoms with E-state index in [0.29, 0.717) is 6.10 Å². The van der Waals surface area contributed by atoms with Gasteiger partial charge in [-0.15, -0.1) is 0 Å². The summed E-state index contributed by atoms with van der Waals surface area (Å²) in [6.07, 6.45) is 3.27. The average Bonchev–Trinajstić information content (AvgIpc) is 2.92. The maximum absolute atomic E-state index is 5.55. The summed E-state index contributed by atoms with van der Waals surface area (Å²) in [5.41, 5.74) is 0. The smallest absolute Gasteiger partial charge is 0.0936 e. The molecule has 0 N–H and O–H groups in total. The van der Waals surface area contributed by atoms with E-state index in [1.54, 1.807) is 0 Å². The zero-order chi connectivity index (χ0) is 9.10. The molecule has 0 radical (unpaired) electrons. The van der Waals surface area contributed by atoms with E-state index in [1.807, 2.05) is 0 Å². The van der Waals surface area contributed by atoms with Gasteiger partial charge in [0.05, 0.1) is 19.3 Å². The molecule has 0 amide bonds. The molecule has 1 aliphatic carbocycles. The number of hydrogen-bond donors (Lipinski definition) is 0. The van der Waals surface area contributed by atoms with Crippen molar-refractivity contribution in [1.82, 2.24) is 4.90 Å². The van der Waals surface area contributed by atoms with Gasteiger partial charge >= 0.3 is 0 Å². The van der Waals surface area contributed by atoms with E-state index in [4.69, 9.17) is 9.47 Å². The lowest BCUT2D eigenvalue weighted by Gasteiger charge is -2.14. The lowest BCUT2D eigenvalue weighted by atomic mass is 10.4. The van der Waals surface area contributed by atoms with Crippen LogP contribution >= 0.6 is 0 Å². The van der Waals surface area contributed by atoms with Gasteiger partial charge in [-0.1, -0.05) is 0 Å². The summed E-state index contributed by atoms with van der Waals surface area (Å²) in [5.74, 6) is 0.886. The number of epoxide rings is 1. The van der Waals surface area contributed by atoms with Crippen LogP contribution in [-0.2, 0) is 9.47 Å². The van der Waals surface area contributed by atoms with E-state index in [0.717, 1.165) is 38.8 Å². The van der Waals surface area contributed by atoms with Crippen molar-refractivity contribution in [3.8, 4) is 0 Å². The molecule has 1 saturated carbocycles. The summed E-state index contributed by atoms with van der Waals surface area (Å²) in [7, 11) is 2.13. The van der Waals surface area contributed by atoms with Gasteiger partial charge in [-0.25, -0.2) is 0 Å². The number of ether oxygens (including phenoxy) is 2. The maximum Gasteiger partial charge on any atom is 0.0936 e. The van der Waals surface area contributed by atoms with E-state index >= 15 is 0 Å². The van der Waals surface area contributed by atoms with Crippen LogP contribution in [0.25, 0.3) is 0 Å². The van der Waals surface area contributed by atoms with Crippen molar-refractivity contribution in [2.45, 2.75) is 18.9 Å². The van der Waals surface area contributed by atoms with Gasteiger partial charge in [-0.3, -0.25) is 0 Å². The molecule has 1 heterocycles. The molecule has 13 heavy (non-hydrogen) atoms. The molecule has 1 atom stereocenters. The zero-order valence-electron chi connectivity index (χ0n) is 8.37. The lowest BCUT2D eigenvalue weighted by Crippen LogP contribution is -2.27. The average molecular weight is 185 g/mol. The Hall–Kier alpha value is -0.120. The zero-order valence-corrected chi connectivity index (χ0v) is 8.37. The normalized spacial score (nSPS) is 26.8. The SMILES string of the molecule is CN(CCOCC1CC1)CC1CO1. The second-order valence-electron chi connectivity index (χ2n) is 4.24. The van der Waals surface area contributed by atoms with E-state index in [1.165, 1.54) is 12.8 Å². The molecule has 0 aromatic rings. The summed E-state index contributed by atoms with van der Waals surface area (Å²) in [6, 6.07) is 0. The number of hydrogen-bond acceptors (Lipinski definition) is 3. The first-order chi connectivity index (χ1) is 6.34. The van der Waals surface area contributed by atoms with Crippen LogP contribution in [0.1, 0.15) is 12.8 Å². The fourth-order valence-corrected chi connectivity index (χ4v) is 1.37. The van der Waals surface area contributed by atoms with Crippen LogP contribution in [0, 0.1) is 5.92 Å². The van der Waals surface area contributed by atoms with Gasteiger partial charge in [-0.2, -0.15) is 0 Å². The Balaban J connectivity index is 1.41. The molecule has 3 heteroatoms. The molecule has 1 saturated heterocycles. The third-order valence-electron chi connectivity index (χ3n) is 2.59. The maximum atomic E-state index is 5.55. The van der Waals surface area contributed by atoms with E-state index < -0.39 is 0 Å². The Labute approximate surface area is 80.0 Å². The predicted octanol–water partition coefficient (Wildman–Crippen LogP) is 0.744. The Morgan fingerprint density at radius 2 is 2.23 bits per heavy atom. The second kappa shape index (κ2) is 4.40. The molecule has 0 aromatic carbocycles. The van der Waals surface area contributed by atoms with Crippen molar-refractivity contribution in [3.63, 3.8) is 0 Å². The highest BCUT2D eigenvalue weighted by Crippen LogP contribution is 2.28. The third kappa shape index (κ3) is 4.07. The van der Waals surface area contributed by atoms with Crippen molar-refractivity contribution in [2.24, 2.45) is 5.92 Å². The number of nitrogens with zero attached hydrogens (tertiary/aromatic N) is 1. The highest BCUT2D eigenvalue weighted by molar-refractivity contribution is 4.73. The summed E-state index contributed by atoms with van der Waals surface area (Å²) in [4.78, 5) is 2.28. The minimum atomic E-state index is 0.508. The first kappa shape index (κ1) is 9.44. The number of likely N-dealkylation sites (N-methyl/N-ethyl adjacent to an activating group) is 1. The molecule has 0 aromatic heterocycles. The van der Waals surface area contributed by atoms with Crippen LogP contribution in [0.5, 0.6) is 0 Å². The molecule has 3 nitrogen and oxygen atoms in total. The van der Waals surface area contributed by atoms with E-state index in [9.17, 15) is 0 Å². The molecular formula is C10H19NO2. The largest absolute Gasteiger partial charge is 0.380 e. The van der Waals surface area contributed by atoms with Gasteiger partial charge in [0.1, 0.15) is 0 Å². The summed E-state index contributed by atoms with van der Waals surface area (Å²) in [6.45, 7) is 4.90. The molecule has 2 rings (SSSR count). The van der Waals surface area contributed by atoms with Crippen LogP contribution in [0.4, 0.5) is 0 Å². The van der Waals surface area contributed by atoms with Gasteiger partial charge in [-0.05, 0) is 25.8 Å². The molecule has 76 valence electrons. The monoisotopic (exact) mass is 185 g/mol. The van der Waals surface area contributed by atoms with Crippen LogP contribution in [0.3, 0.4) is 0 Å². The van der Waals surface area contributed by atoms with E-state index in [-0.39, 0.29) is 0 Å². The fraction of sp³-hybridized carbons (Fsp3) is 1.00. The lowest BCUT2D eigenvalue weighted by molar-refractivity contribution is 0.101.